The summed E-state index contributed by atoms with van der Waals surface area (Å²) in [7, 11) is 0. The van der Waals surface area contributed by atoms with Crippen LogP contribution in [0.5, 0.6) is 5.75 Å². The number of carboxylic acid groups (broad SMARTS) is 1. The molecule has 0 spiro atoms. The lowest BCUT2D eigenvalue weighted by molar-refractivity contribution is -0.143. The number of amides is 3. The van der Waals surface area contributed by atoms with Crippen molar-refractivity contribution in [2.45, 2.75) is 64.2 Å². The number of aryl methyl sites for hydroxylation is 2. The number of aromatic hydroxyl groups is 1. The Morgan fingerprint density at radius 3 is 2.31 bits per heavy atom. The fourth-order valence-electron chi connectivity index (χ4n) is 4.62. The van der Waals surface area contributed by atoms with E-state index >= 15 is 0 Å². The monoisotopic (exact) mass is 496 g/mol. The molecule has 3 rings (SSSR count). The van der Waals surface area contributed by atoms with Crippen LogP contribution in [-0.4, -0.2) is 56.9 Å². The quantitative estimate of drug-likeness (QED) is 0.339. The van der Waals surface area contributed by atoms with Gasteiger partial charge < -0.3 is 31.9 Å². The van der Waals surface area contributed by atoms with Crippen molar-refractivity contribution in [2.24, 2.45) is 11.5 Å². The van der Waals surface area contributed by atoms with Gasteiger partial charge in [-0.15, -0.1) is 0 Å². The van der Waals surface area contributed by atoms with Crippen molar-refractivity contribution in [1.82, 2.24) is 10.2 Å². The minimum absolute atomic E-state index is 0.130. The largest absolute Gasteiger partial charge is 0.508 e. The molecule has 0 fully saturated rings. The van der Waals surface area contributed by atoms with Crippen LogP contribution >= 0.6 is 0 Å². The number of carbonyl (C=O) groups excluding carboxylic acids is 3. The van der Waals surface area contributed by atoms with Crippen molar-refractivity contribution in [3.05, 3.63) is 64.2 Å². The maximum atomic E-state index is 13.6. The molecule has 0 saturated heterocycles. The number of rotatable bonds is 9. The first-order valence-corrected chi connectivity index (χ1v) is 11.7. The number of carboxylic acids is 1. The number of carbonyl (C=O) groups is 4. The lowest BCUT2D eigenvalue weighted by Crippen LogP contribution is -2.59. The molecule has 3 unspecified atom stereocenters. The van der Waals surface area contributed by atoms with E-state index < -0.39 is 41.8 Å². The zero-order chi connectivity index (χ0) is 26.6. The van der Waals surface area contributed by atoms with Crippen molar-refractivity contribution in [2.75, 3.05) is 0 Å². The highest BCUT2D eigenvalue weighted by Gasteiger charge is 2.37. The smallest absolute Gasteiger partial charge is 0.303 e. The van der Waals surface area contributed by atoms with Crippen LogP contribution in [0.4, 0.5) is 0 Å². The van der Waals surface area contributed by atoms with Gasteiger partial charge in [-0.2, -0.15) is 0 Å². The molecule has 0 aliphatic carbocycles. The molecular weight excluding hydrogens is 464 g/mol. The van der Waals surface area contributed by atoms with E-state index in [0.717, 1.165) is 27.8 Å². The first-order valence-electron chi connectivity index (χ1n) is 11.7. The van der Waals surface area contributed by atoms with E-state index in [1.54, 1.807) is 12.1 Å². The van der Waals surface area contributed by atoms with Gasteiger partial charge >= 0.3 is 5.97 Å². The second-order valence-corrected chi connectivity index (χ2v) is 9.22. The number of primary amides is 1. The average Bonchev–Trinajstić information content (AvgIpc) is 2.81. The summed E-state index contributed by atoms with van der Waals surface area (Å²) in [6.07, 6.45) is -0.0826. The topological polar surface area (TPSA) is 176 Å². The number of phenols is 1. The normalized spacial score (nSPS) is 16.5. The molecule has 192 valence electrons. The van der Waals surface area contributed by atoms with Gasteiger partial charge in [0.25, 0.3) is 0 Å². The summed E-state index contributed by atoms with van der Waals surface area (Å²) in [5.74, 6) is -2.88. The Bertz CT molecular complexity index is 1160. The molecule has 3 atom stereocenters. The minimum atomic E-state index is -1.18. The molecule has 0 radical (unpaired) electrons. The van der Waals surface area contributed by atoms with Gasteiger partial charge in [0, 0.05) is 19.4 Å². The Morgan fingerprint density at radius 1 is 1.11 bits per heavy atom. The van der Waals surface area contributed by atoms with Crippen LogP contribution in [0, 0.1) is 13.8 Å². The molecule has 0 saturated carbocycles. The number of fused-ring (bicyclic) bond motifs is 1. The standard InChI is InChI=1S/C26H32N4O6/c1-14-9-18(31)10-15(2)19(14)12-20(27)26(36)30-13-17-6-4-3-5-16(17)11-22(30)25(35)29-21(24(28)34)7-8-23(32)33/h3-6,9-10,20-22,31H,7-8,11-13,27H2,1-2H3,(H2,28,34)(H,29,35)(H,32,33). The molecule has 1 heterocycles. The average molecular weight is 497 g/mol. The van der Waals surface area contributed by atoms with Crippen molar-refractivity contribution in [3.8, 4) is 5.75 Å². The van der Waals surface area contributed by atoms with Crippen LogP contribution in [0.25, 0.3) is 0 Å². The highest BCUT2D eigenvalue weighted by Crippen LogP contribution is 2.26. The third-order valence-corrected chi connectivity index (χ3v) is 6.56. The van der Waals surface area contributed by atoms with Crippen LogP contribution in [0.3, 0.4) is 0 Å². The van der Waals surface area contributed by atoms with Gasteiger partial charge in [-0.25, -0.2) is 0 Å². The van der Waals surface area contributed by atoms with E-state index in [2.05, 4.69) is 5.32 Å². The zero-order valence-corrected chi connectivity index (χ0v) is 20.4. The van der Waals surface area contributed by atoms with E-state index in [4.69, 9.17) is 16.6 Å². The molecule has 0 aromatic heterocycles. The molecule has 10 nitrogen and oxygen atoms in total. The van der Waals surface area contributed by atoms with Crippen molar-refractivity contribution >= 4 is 23.7 Å². The number of nitrogens with zero attached hydrogens (tertiary/aromatic N) is 1. The van der Waals surface area contributed by atoms with Gasteiger partial charge in [0.15, 0.2) is 0 Å². The van der Waals surface area contributed by atoms with Gasteiger partial charge in [0.05, 0.1) is 6.04 Å². The number of phenolic OH excluding ortho intramolecular Hbond substituents is 1. The Labute approximate surface area is 209 Å². The lowest BCUT2D eigenvalue weighted by Gasteiger charge is -2.38. The molecule has 1 aliphatic heterocycles. The van der Waals surface area contributed by atoms with E-state index in [1.165, 1.54) is 4.90 Å². The van der Waals surface area contributed by atoms with Crippen LogP contribution in [0.1, 0.15) is 40.7 Å². The lowest BCUT2D eigenvalue weighted by atomic mass is 9.91. The third-order valence-electron chi connectivity index (χ3n) is 6.56. The van der Waals surface area contributed by atoms with Crippen molar-refractivity contribution in [1.29, 1.82) is 0 Å². The number of hydrogen-bond donors (Lipinski definition) is 5. The molecule has 10 heteroatoms. The first kappa shape index (κ1) is 26.7. The maximum absolute atomic E-state index is 13.6. The molecule has 2 aromatic carbocycles. The van der Waals surface area contributed by atoms with Gasteiger partial charge in [-0.05, 0) is 66.6 Å². The Balaban J connectivity index is 1.85. The summed E-state index contributed by atoms with van der Waals surface area (Å²) in [5.41, 5.74) is 15.9. The number of benzene rings is 2. The second kappa shape index (κ2) is 11.2. The predicted molar refractivity (Wildman–Crippen MR) is 132 cm³/mol. The summed E-state index contributed by atoms with van der Waals surface area (Å²) < 4.78 is 0. The summed E-state index contributed by atoms with van der Waals surface area (Å²) in [4.78, 5) is 51.0. The van der Waals surface area contributed by atoms with Crippen LogP contribution < -0.4 is 16.8 Å². The Kier molecular flexibility index (Phi) is 8.31. The van der Waals surface area contributed by atoms with Crippen LogP contribution in [-0.2, 0) is 38.6 Å². The van der Waals surface area contributed by atoms with E-state index in [9.17, 15) is 24.3 Å². The molecule has 1 aliphatic rings. The van der Waals surface area contributed by atoms with E-state index in [0.29, 0.717) is 0 Å². The third kappa shape index (κ3) is 6.19. The van der Waals surface area contributed by atoms with E-state index in [-0.39, 0.29) is 38.0 Å². The first-order chi connectivity index (χ1) is 17.0. The van der Waals surface area contributed by atoms with Crippen LogP contribution in [0.15, 0.2) is 36.4 Å². The molecule has 36 heavy (non-hydrogen) atoms. The number of hydrogen-bond acceptors (Lipinski definition) is 6. The zero-order valence-electron chi connectivity index (χ0n) is 20.4. The number of aliphatic carboxylic acids is 1. The van der Waals surface area contributed by atoms with Crippen molar-refractivity contribution in [3.63, 3.8) is 0 Å². The molecule has 7 N–H and O–H groups in total. The second-order valence-electron chi connectivity index (χ2n) is 9.22. The Hall–Kier alpha value is -3.92. The van der Waals surface area contributed by atoms with Gasteiger partial charge in [0.1, 0.15) is 17.8 Å². The molecular formula is C26H32N4O6. The van der Waals surface area contributed by atoms with Crippen LogP contribution in [0.2, 0.25) is 0 Å². The fraction of sp³-hybridized carbons (Fsp3) is 0.385. The summed E-state index contributed by atoms with van der Waals surface area (Å²) >= 11 is 0. The van der Waals surface area contributed by atoms with Crippen molar-refractivity contribution < 1.29 is 29.4 Å². The fourth-order valence-corrected chi connectivity index (χ4v) is 4.62. The molecule has 0 bridgehead atoms. The predicted octanol–water partition coefficient (Wildman–Crippen LogP) is 0.667. The Morgan fingerprint density at radius 2 is 1.72 bits per heavy atom. The SMILES string of the molecule is Cc1cc(O)cc(C)c1CC(N)C(=O)N1Cc2ccccc2CC1C(=O)NC(CCC(=O)O)C(N)=O. The van der Waals surface area contributed by atoms with Gasteiger partial charge in [-0.1, -0.05) is 24.3 Å². The van der Waals surface area contributed by atoms with E-state index in [1.807, 2.05) is 38.1 Å². The summed E-state index contributed by atoms with van der Waals surface area (Å²) in [6, 6.07) is 7.56. The summed E-state index contributed by atoms with van der Waals surface area (Å²) in [6.45, 7) is 3.81. The van der Waals surface area contributed by atoms with Gasteiger partial charge in [0.2, 0.25) is 17.7 Å². The summed E-state index contributed by atoms with van der Waals surface area (Å²) in [5, 5.41) is 21.3. The molecule has 3 amide bonds. The highest BCUT2D eigenvalue weighted by atomic mass is 16.4. The number of nitrogens with two attached hydrogens (primary N) is 2. The highest BCUT2D eigenvalue weighted by molar-refractivity contribution is 5.93. The minimum Gasteiger partial charge on any atom is -0.508 e. The number of nitrogens with one attached hydrogen (secondary N) is 1. The van der Waals surface area contributed by atoms with Gasteiger partial charge in [-0.3, -0.25) is 19.2 Å². The maximum Gasteiger partial charge on any atom is 0.303 e. The molecule has 2 aromatic rings.